The maximum Gasteiger partial charge on any atom is 0.261 e. The van der Waals surface area contributed by atoms with Crippen molar-refractivity contribution >= 4 is 79.7 Å². The average molecular weight is 968 g/mol. The van der Waals surface area contributed by atoms with Crippen LogP contribution in [0, 0.1) is 0 Å². The van der Waals surface area contributed by atoms with E-state index in [0.717, 1.165) is 52.2 Å². The van der Waals surface area contributed by atoms with Gasteiger partial charge in [0.2, 0.25) is 5.91 Å². The first-order valence-corrected chi connectivity index (χ1v) is 25.8. The van der Waals surface area contributed by atoms with Crippen molar-refractivity contribution in [2.75, 3.05) is 47.0 Å². The lowest BCUT2D eigenvalue weighted by Gasteiger charge is -2.23. The van der Waals surface area contributed by atoms with Crippen molar-refractivity contribution in [3.8, 4) is 23.0 Å². The minimum absolute atomic E-state index is 0.0230. The summed E-state index contributed by atoms with van der Waals surface area (Å²) in [4.78, 5) is 61.9. The molecular weight excluding hydrogens is 911 g/mol. The first-order chi connectivity index (χ1) is 33.4. The van der Waals surface area contributed by atoms with Crippen LogP contribution >= 0.6 is 21.6 Å². The smallest absolute Gasteiger partial charge is 0.261 e. The Morgan fingerprint density at radius 1 is 0.783 bits per heavy atom. The van der Waals surface area contributed by atoms with Gasteiger partial charge in [-0.15, -0.1) is 0 Å². The second kappa shape index (κ2) is 20.6. The van der Waals surface area contributed by atoms with Gasteiger partial charge < -0.3 is 34.5 Å². The predicted molar refractivity (Wildman–Crippen MR) is 276 cm³/mol. The second-order valence-electron chi connectivity index (χ2n) is 18.3. The van der Waals surface area contributed by atoms with Gasteiger partial charge in [0.05, 0.1) is 48.8 Å². The number of hydrogen-bond donors (Lipinski definition) is 2. The fourth-order valence-corrected chi connectivity index (χ4v) is 12.0. The summed E-state index contributed by atoms with van der Waals surface area (Å²) in [5.74, 6) is 2.44. The molecule has 358 valence electrons. The van der Waals surface area contributed by atoms with E-state index in [1.165, 1.54) is 7.11 Å². The standard InChI is InChI=1S/C54H57N5O8S2/c1-6-40(60)14-11-19-68-69-54(2,3)18-17-51(61)57-37-21-33(31-66-49-27-43-41(25-47(49)64-4)52(62)58-38(29-55-43)23-35-12-7-9-15-45(35)58)20-34(22-37)32-67-50-28-44-42(26-48(50)65-5)53(63)59-39(30-56-44)24-36-13-8-10-16-46(36)59/h7-10,12-13,15-16,20-22,25-29,38-39,56H,6,11,14,17-19,23-24,30-32H2,1-5H3,(H,57,61)/t38-,39-/m0/s1. The molecule has 13 nitrogen and oxygen atoms in total. The van der Waals surface area contributed by atoms with Crippen molar-refractivity contribution in [3.05, 3.63) is 124 Å². The highest BCUT2D eigenvalue weighted by atomic mass is 33.1. The van der Waals surface area contributed by atoms with Crippen molar-refractivity contribution in [3.63, 3.8) is 0 Å². The van der Waals surface area contributed by atoms with E-state index in [4.69, 9.17) is 23.9 Å². The molecule has 0 bridgehead atoms. The summed E-state index contributed by atoms with van der Waals surface area (Å²) < 4.78 is 24.4. The van der Waals surface area contributed by atoms with E-state index in [2.05, 4.69) is 30.5 Å². The molecule has 0 saturated heterocycles. The summed E-state index contributed by atoms with van der Waals surface area (Å²) in [7, 11) is 6.58. The topological polar surface area (TPSA) is 148 Å². The van der Waals surface area contributed by atoms with Crippen LogP contribution in [0.1, 0.15) is 95.8 Å². The van der Waals surface area contributed by atoms with Gasteiger partial charge in [-0.3, -0.25) is 29.1 Å². The van der Waals surface area contributed by atoms with Gasteiger partial charge in [-0.2, -0.15) is 0 Å². The first kappa shape index (κ1) is 47.6. The van der Waals surface area contributed by atoms with Crippen LogP contribution in [-0.4, -0.2) is 73.1 Å². The van der Waals surface area contributed by atoms with E-state index in [1.807, 2.05) is 84.8 Å². The minimum atomic E-state index is -0.200. The lowest BCUT2D eigenvalue weighted by atomic mass is 10.1. The minimum Gasteiger partial charge on any atom is -0.493 e. The Hall–Kier alpha value is -6.45. The number of nitrogens with one attached hydrogen (secondary N) is 2. The molecule has 2 atom stereocenters. The third-order valence-corrected chi connectivity index (χ3v) is 16.4. The molecule has 0 radical (unpaired) electrons. The Morgan fingerprint density at radius 3 is 2.12 bits per heavy atom. The summed E-state index contributed by atoms with van der Waals surface area (Å²) in [6.07, 6.45) is 6.24. The molecule has 9 rings (SSSR count). The van der Waals surface area contributed by atoms with Gasteiger partial charge in [0.1, 0.15) is 19.0 Å². The number of Topliss-reactive ketones (excluding diaryl/α,β-unsaturated/α-hetero) is 1. The lowest BCUT2D eigenvalue weighted by molar-refractivity contribution is -0.119. The predicted octanol–water partition coefficient (Wildman–Crippen LogP) is 10.8. The lowest BCUT2D eigenvalue weighted by Crippen LogP contribution is -2.39. The SMILES string of the molecule is CCC(=O)CCCSSC(C)(C)CCC(=O)Nc1cc(COc2cc3c(cc2OC)C(=O)N2c4ccccc4C[C@H]2C=N3)cc(COc2cc3c(cc2OC)C(=O)N2c4ccccc4C[C@H]2CN3)c1. The third-order valence-electron chi connectivity index (χ3n) is 12.9. The highest BCUT2D eigenvalue weighted by Crippen LogP contribution is 2.44. The number of aliphatic imine (C=N–C) groups is 1. The molecule has 3 amide bonds. The maximum atomic E-state index is 14.1. The number of amides is 3. The van der Waals surface area contributed by atoms with E-state index < -0.39 is 0 Å². The van der Waals surface area contributed by atoms with Crippen LogP contribution < -0.4 is 39.4 Å². The van der Waals surface area contributed by atoms with Crippen molar-refractivity contribution in [2.24, 2.45) is 4.99 Å². The molecule has 0 aliphatic carbocycles. The van der Waals surface area contributed by atoms with Gasteiger partial charge in [-0.05, 0) is 97.8 Å². The number of methoxy groups -OCH3 is 2. The monoisotopic (exact) mass is 967 g/mol. The number of ketones is 1. The number of rotatable bonds is 19. The molecular formula is C54H57N5O8S2. The Labute approximate surface area is 411 Å². The molecule has 5 aromatic rings. The first-order valence-electron chi connectivity index (χ1n) is 23.5. The summed E-state index contributed by atoms with van der Waals surface area (Å²) in [6.45, 7) is 6.93. The molecule has 2 N–H and O–H groups in total. The molecule has 69 heavy (non-hydrogen) atoms. The molecule has 15 heteroatoms. The molecule has 0 fully saturated rings. The van der Waals surface area contributed by atoms with Crippen molar-refractivity contribution in [1.82, 2.24) is 0 Å². The van der Waals surface area contributed by atoms with Crippen LogP contribution in [0.5, 0.6) is 23.0 Å². The number of fused-ring (bicyclic) bond motifs is 8. The van der Waals surface area contributed by atoms with Crippen LogP contribution in [0.4, 0.5) is 28.4 Å². The zero-order valence-corrected chi connectivity index (χ0v) is 41.2. The van der Waals surface area contributed by atoms with Crippen LogP contribution in [0.15, 0.2) is 96.0 Å². The number of anilines is 4. The Kier molecular flexibility index (Phi) is 14.2. The number of hydrogen-bond acceptors (Lipinski definition) is 12. The summed E-state index contributed by atoms with van der Waals surface area (Å²) in [6, 6.07) is 28.4. The number of carbonyl (C=O) groups excluding carboxylic acids is 4. The number of nitrogens with zero attached hydrogens (tertiary/aromatic N) is 3. The fraction of sp³-hybridized carbons (Fsp3) is 0.352. The van der Waals surface area contributed by atoms with Crippen molar-refractivity contribution in [1.29, 1.82) is 0 Å². The molecule has 0 saturated carbocycles. The molecule has 5 aromatic carbocycles. The van der Waals surface area contributed by atoms with Gasteiger partial charge in [-0.25, -0.2) is 0 Å². The molecule has 0 unspecified atom stereocenters. The fourth-order valence-electron chi connectivity index (χ4n) is 9.31. The van der Waals surface area contributed by atoms with E-state index in [1.54, 1.807) is 51.8 Å². The quantitative estimate of drug-likeness (QED) is 0.0602. The number of carbonyl (C=O) groups is 4. The third kappa shape index (κ3) is 10.4. The number of ether oxygens (including phenoxy) is 4. The molecule has 0 spiro atoms. The van der Waals surface area contributed by atoms with Gasteiger partial charge in [-0.1, -0.05) is 64.9 Å². The van der Waals surface area contributed by atoms with E-state index in [-0.39, 0.29) is 53.5 Å². The van der Waals surface area contributed by atoms with E-state index >= 15 is 0 Å². The molecule has 4 heterocycles. The van der Waals surface area contributed by atoms with Gasteiger partial charge in [0.25, 0.3) is 11.8 Å². The Balaban J connectivity index is 0.935. The van der Waals surface area contributed by atoms with Crippen LogP contribution in [0.2, 0.25) is 0 Å². The van der Waals surface area contributed by atoms with Gasteiger partial charge in [0, 0.05) is 78.1 Å². The average Bonchev–Trinajstić information content (AvgIpc) is 3.85. The maximum absolute atomic E-state index is 14.1. The summed E-state index contributed by atoms with van der Waals surface area (Å²) in [5, 5.41) is 6.62. The molecule has 4 aliphatic rings. The Bertz CT molecular complexity index is 2830. The highest BCUT2D eigenvalue weighted by Gasteiger charge is 2.39. The normalized spacial score (nSPS) is 16.5. The van der Waals surface area contributed by atoms with Crippen molar-refractivity contribution < 1.29 is 38.1 Å². The summed E-state index contributed by atoms with van der Waals surface area (Å²) >= 11 is 0. The number of benzene rings is 5. The second-order valence-corrected chi connectivity index (χ2v) is 21.4. The molecule has 0 aromatic heterocycles. The van der Waals surface area contributed by atoms with Crippen LogP contribution in [-0.2, 0) is 35.6 Å². The Morgan fingerprint density at radius 2 is 1.42 bits per heavy atom. The van der Waals surface area contributed by atoms with E-state index in [9.17, 15) is 19.2 Å². The van der Waals surface area contributed by atoms with Gasteiger partial charge in [0.15, 0.2) is 23.0 Å². The number of para-hydroxylation sites is 2. The zero-order valence-electron chi connectivity index (χ0n) is 39.6. The van der Waals surface area contributed by atoms with Gasteiger partial charge >= 0.3 is 0 Å². The summed E-state index contributed by atoms with van der Waals surface area (Å²) in [5.41, 5.74) is 8.20. The van der Waals surface area contributed by atoms with Crippen molar-refractivity contribution in [2.45, 2.75) is 95.8 Å². The van der Waals surface area contributed by atoms with Crippen LogP contribution in [0.25, 0.3) is 0 Å². The largest absolute Gasteiger partial charge is 0.493 e. The van der Waals surface area contributed by atoms with E-state index in [0.29, 0.717) is 89.8 Å². The molecule has 4 aliphatic heterocycles. The zero-order chi connectivity index (χ0) is 48.2. The van der Waals surface area contributed by atoms with Crippen LogP contribution in [0.3, 0.4) is 0 Å². The highest BCUT2D eigenvalue weighted by molar-refractivity contribution is 8.77.